The molecule has 0 aliphatic carbocycles. The van der Waals surface area contributed by atoms with Crippen molar-refractivity contribution < 1.29 is 9.18 Å². The van der Waals surface area contributed by atoms with Crippen molar-refractivity contribution in [2.75, 3.05) is 18.4 Å². The lowest BCUT2D eigenvalue weighted by Gasteiger charge is -2.29. The van der Waals surface area contributed by atoms with Crippen molar-refractivity contribution >= 4 is 28.8 Å². The summed E-state index contributed by atoms with van der Waals surface area (Å²) in [5, 5.41) is 2.92. The van der Waals surface area contributed by atoms with Gasteiger partial charge in [-0.15, -0.1) is 0 Å². The molecule has 1 aromatic carbocycles. The van der Waals surface area contributed by atoms with Crippen LogP contribution in [0, 0.1) is 5.82 Å². The van der Waals surface area contributed by atoms with Gasteiger partial charge in [0.25, 0.3) is 0 Å². The molecule has 6 heteroatoms. The molecule has 3 N–H and O–H groups in total. The van der Waals surface area contributed by atoms with Crippen molar-refractivity contribution in [1.82, 2.24) is 4.90 Å². The molecule has 0 saturated carbocycles. The third-order valence-electron chi connectivity index (χ3n) is 3.66. The fourth-order valence-electron chi connectivity index (χ4n) is 2.47. The van der Waals surface area contributed by atoms with Gasteiger partial charge in [0.1, 0.15) is 16.8 Å². The van der Waals surface area contributed by atoms with Crippen LogP contribution in [-0.4, -0.2) is 34.9 Å². The molecule has 1 atom stereocenters. The molecule has 4 nitrogen and oxygen atoms in total. The summed E-state index contributed by atoms with van der Waals surface area (Å²) in [4.78, 5) is 14.3. The topological polar surface area (TPSA) is 58.4 Å². The highest BCUT2D eigenvalue weighted by Gasteiger charge is 2.22. The Bertz CT molecular complexity index is 544. The summed E-state index contributed by atoms with van der Waals surface area (Å²) >= 11 is 4.81. The first-order chi connectivity index (χ1) is 9.99. The van der Waals surface area contributed by atoms with Crippen molar-refractivity contribution in [3.8, 4) is 0 Å². The zero-order chi connectivity index (χ0) is 15.4. The number of benzene rings is 1. The zero-order valence-corrected chi connectivity index (χ0v) is 12.9. The van der Waals surface area contributed by atoms with Gasteiger partial charge in [-0.3, -0.25) is 4.79 Å². The Morgan fingerprint density at radius 1 is 1.38 bits per heavy atom. The predicted octanol–water partition coefficient (Wildman–Crippen LogP) is 2.27. The first-order valence-corrected chi connectivity index (χ1v) is 7.54. The van der Waals surface area contributed by atoms with Crippen molar-refractivity contribution in [1.29, 1.82) is 0 Å². The first kappa shape index (κ1) is 15.7. The maximum atomic E-state index is 14.0. The van der Waals surface area contributed by atoms with E-state index in [1.54, 1.807) is 19.1 Å². The van der Waals surface area contributed by atoms with E-state index in [1.807, 2.05) is 4.90 Å². The van der Waals surface area contributed by atoms with Crippen molar-refractivity contribution in [3.05, 3.63) is 29.6 Å². The molecule has 21 heavy (non-hydrogen) atoms. The average molecular weight is 309 g/mol. The van der Waals surface area contributed by atoms with E-state index in [2.05, 4.69) is 5.32 Å². The van der Waals surface area contributed by atoms with E-state index in [1.165, 1.54) is 12.5 Å². The molecule has 1 heterocycles. The lowest BCUT2D eigenvalue weighted by atomic mass is 10.1. The van der Waals surface area contributed by atoms with Crippen LogP contribution in [-0.2, 0) is 4.79 Å². The van der Waals surface area contributed by atoms with E-state index >= 15 is 0 Å². The van der Waals surface area contributed by atoms with E-state index in [0.717, 1.165) is 25.9 Å². The van der Waals surface area contributed by atoms with Gasteiger partial charge in [-0.2, -0.15) is 0 Å². The van der Waals surface area contributed by atoms with Crippen molar-refractivity contribution in [2.45, 2.75) is 32.2 Å². The van der Waals surface area contributed by atoms with Crippen LogP contribution in [0.3, 0.4) is 0 Å². The molecule has 1 saturated heterocycles. The SMILES string of the molecule is CC(Nc1ccc(C(N)=S)cc1F)C(=O)N1CCCCC1. The van der Waals surface area contributed by atoms with Gasteiger partial charge in [-0.25, -0.2) is 4.39 Å². The minimum absolute atomic E-state index is 0.00697. The molecule has 0 aromatic heterocycles. The van der Waals surface area contributed by atoms with Crippen LogP contribution in [0.5, 0.6) is 0 Å². The minimum atomic E-state index is -0.465. The fourth-order valence-corrected chi connectivity index (χ4v) is 2.60. The molecule has 114 valence electrons. The van der Waals surface area contributed by atoms with E-state index in [0.29, 0.717) is 5.56 Å². The number of nitrogens with zero attached hydrogens (tertiary/aromatic N) is 1. The van der Waals surface area contributed by atoms with Crippen LogP contribution in [0.15, 0.2) is 18.2 Å². The molecule has 1 aliphatic heterocycles. The van der Waals surface area contributed by atoms with Crippen LogP contribution < -0.4 is 11.1 Å². The number of hydrogen-bond donors (Lipinski definition) is 2. The fraction of sp³-hybridized carbons (Fsp3) is 0.467. The molecule has 1 aliphatic rings. The van der Waals surface area contributed by atoms with Gasteiger partial charge < -0.3 is 16.0 Å². The molecule has 1 aromatic rings. The second-order valence-electron chi connectivity index (χ2n) is 5.31. The monoisotopic (exact) mass is 309 g/mol. The van der Waals surface area contributed by atoms with E-state index in [9.17, 15) is 9.18 Å². The third kappa shape index (κ3) is 3.91. The number of rotatable bonds is 4. The Labute approximate surface area is 129 Å². The Morgan fingerprint density at radius 2 is 2.05 bits per heavy atom. The summed E-state index contributed by atoms with van der Waals surface area (Å²) in [5.74, 6) is -0.453. The Balaban J connectivity index is 2.03. The number of piperidine rings is 1. The second kappa shape index (κ2) is 6.85. The minimum Gasteiger partial charge on any atom is -0.389 e. The van der Waals surface area contributed by atoms with Gasteiger partial charge in [0.05, 0.1) is 5.69 Å². The summed E-state index contributed by atoms with van der Waals surface area (Å²) in [6.07, 6.45) is 3.24. The standard InChI is InChI=1S/C15H20FN3OS/c1-10(15(20)19-7-3-2-4-8-19)18-13-6-5-11(14(17)21)9-12(13)16/h5-6,9-10,18H,2-4,7-8H2,1H3,(H2,17,21). The molecule has 0 radical (unpaired) electrons. The molecule has 2 rings (SSSR count). The molecule has 0 bridgehead atoms. The highest BCUT2D eigenvalue weighted by Crippen LogP contribution is 2.18. The normalized spacial score (nSPS) is 16.4. The Hall–Kier alpha value is -1.69. The van der Waals surface area contributed by atoms with E-state index in [4.69, 9.17) is 18.0 Å². The average Bonchev–Trinajstić information content (AvgIpc) is 2.49. The van der Waals surface area contributed by atoms with Crippen molar-refractivity contribution in [2.24, 2.45) is 5.73 Å². The summed E-state index contributed by atoms with van der Waals surface area (Å²) in [6.45, 7) is 3.32. The Kier molecular flexibility index (Phi) is 5.12. The Morgan fingerprint density at radius 3 is 2.62 bits per heavy atom. The highest BCUT2D eigenvalue weighted by molar-refractivity contribution is 7.80. The highest BCUT2D eigenvalue weighted by atomic mass is 32.1. The number of carbonyl (C=O) groups is 1. The summed E-state index contributed by atoms with van der Waals surface area (Å²) in [7, 11) is 0. The number of amides is 1. The predicted molar refractivity (Wildman–Crippen MR) is 85.8 cm³/mol. The molecular formula is C15H20FN3OS. The quantitative estimate of drug-likeness (QED) is 0.838. The van der Waals surface area contributed by atoms with Crippen LogP contribution >= 0.6 is 12.2 Å². The molecule has 0 spiro atoms. The first-order valence-electron chi connectivity index (χ1n) is 7.13. The lowest BCUT2D eigenvalue weighted by Crippen LogP contribution is -2.44. The molecule has 1 amide bonds. The number of halogens is 1. The van der Waals surface area contributed by atoms with Gasteiger partial charge in [0, 0.05) is 18.7 Å². The number of nitrogens with one attached hydrogen (secondary N) is 1. The maximum absolute atomic E-state index is 14.0. The van der Waals surface area contributed by atoms with Gasteiger partial charge in [0.15, 0.2) is 0 Å². The maximum Gasteiger partial charge on any atom is 0.244 e. The number of hydrogen-bond acceptors (Lipinski definition) is 3. The van der Waals surface area contributed by atoms with Crippen molar-refractivity contribution in [3.63, 3.8) is 0 Å². The third-order valence-corrected chi connectivity index (χ3v) is 3.90. The molecular weight excluding hydrogens is 289 g/mol. The number of likely N-dealkylation sites (tertiary alicyclic amines) is 1. The number of nitrogens with two attached hydrogens (primary N) is 1. The van der Waals surface area contributed by atoms with E-state index < -0.39 is 11.9 Å². The van der Waals surface area contributed by atoms with Gasteiger partial charge in [-0.1, -0.05) is 12.2 Å². The van der Waals surface area contributed by atoms with Crippen LogP contribution in [0.2, 0.25) is 0 Å². The van der Waals surface area contributed by atoms with Gasteiger partial charge in [-0.05, 0) is 44.4 Å². The number of carbonyl (C=O) groups excluding carboxylic acids is 1. The smallest absolute Gasteiger partial charge is 0.244 e. The van der Waals surface area contributed by atoms with Gasteiger partial charge >= 0.3 is 0 Å². The largest absolute Gasteiger partial charge is 0.389 e. The molecule has 1 unspecified atom stereocenters. The zero-order valence-electron chi connectivity index (χ0n) is 12.1. The van der Waals surface area contributed by atoms with Crippen LogP contribution in [0.4, 0.5) is 10.1 Å². The number of anilines is 1. The lowest BCUT2D eigenvalue weighted by molar-refractivity contribution is -0.132. The summed E-state index contributed by atoms with van der Waals surface area (Å²) in [5.41, 5.74) is 6.22. The van der Waals surface area contributed by atoms with Crippen LogP contribution in [0.1, 0.15) is 31.7 Å². The van der Waals surface area contributed by atoms with Crippen LogP contribution in [0.25, 0.3) is 0 Å². The van der Waals surface area contributed by atoms with Gasteiger partial charge in [0.2, 0.25) is 5.91 Å². The number of thiocarbonyl (C=S) groups is 1. The summed E-state index contributed by atoms with van der Waals surface area (Å²) in [6, 6.07) is 4.02. The van der Waals surface area contributed by atoms with E-state index in [-0.39, 0.29) is 16.6 Å². The summed E-state index contributed by atoms with van der Waals surface area (Å²) < 4.78 is 14.0. The second-order valence-corrected chi connectivity index (χ2v) is 5.75. The molecule has 1 fully saturated rings.